The molecule has 0 aromatic heterocycles. The second-order valence-electron chi connectivity index (χ2n) is 5.67. The van der Waals surface area contributed by atoms with Gasteiger partial charge in [-0.05, 0) is 25.3 Å². The minimum absolute atomic E-state index is 0.0985. The van der Waals surface area contributed by atoms with Crippen LogP contribution in [0.2, 0.25) is 0 Å². The summed E-state index contributed by atoms with van der Waals surface area (Å²) in [5, 5.41) is 3.39. The van der Waals surface area contributed by atoms with Gasteiger partial charge in [0.2, 0.25) is 0 Å². The Hall–Kier alpha value is -0.220. The van der Waals surface area contributed by atoms with Gasteiger partial charge in [-0.3, -0.25) is 4.79 Å². The number of esters is 1. The van der Waals surface area contributed by atoms with Gasteiger partial charge in [0.1, 0.15) is 5.54 Å². The van der Waals surface area contributed by atoms with Crippen LogP contribution in [0.25, 0.3) is 0 Å². The van der Waals surface area contributed by atoms with Crippen molar-refractivity contribution in [3.8, 4) is 0 Å². The first-order chi connectivity index (χ1) is 7.85. The molecule has 1 aliphatic carbocycles. The maximum Gasteiger partial charge on any atom is 0.327 e. The molecule has 0 spiro atoms. The Kier molecular flexibility index (Phi) is 4.90. The summed E-state index contributed by atoms with van der Waals surface area (Å²) in [6.45, 7) is 9.38. The largest absolute Gasteiger partial charge is 0.468 e. The predicted molar refractivity (Wildman–Crippen MR) is 73.4 cm³/mol. The molecule has 0 heterocycles. The van der Waals surface area contributed by atoms with Crippen LogP contribution < -0.4 is 5.32 Å². The van der Waals surface area contributed by atoms with E-state index in [0.717, 1.165) is 25.1 Å². The van der Waals surface area contributed by atoms with Crippen LogP contribution in [0.4, 0.5) is 0 Å². The Morgan fingerprint density at radius 2 is 2.00 bits per heavy atom. The molecule has 4 heteroatoms. The molecule has 0 saturated heterocycles. The lowest BCUT2D eigenvalue weighted by molar-refractivity contribution is -0.148. The van der Waals surface area contributed by atoms with Crippen molar-refractivity contribution in [2.45, 2.75) is 50.8 Å². The third-order valence-corrected chi connectivity index (χ3v) is 4.51. The van der Waals surface area contributed by atoms with Gasteiger partial charge in [0.15, 0.2) is 0 Å². The van der Waals surface area contributed by atoms with Gasteiger partial charge < -0.3 is 10.1 Å². The van der Waals surface area contributed by atoms with Crippen molar-refractivity contribution in [2.75, 3.05) is 19.4 Å². The number of carbonyl (C=O) groups excluding carboxylic acids is 1. The summed E-state index contributed by atoms with van der Waals surface area (Å²) >= 11 is 1.83. The fraction of sp³-hybridized carbons (Fsp3) is 0.923. The molecule has 1 atom stereocenters. The number of ether oxygens (including phenoxy) is 1. The van der Waals surface area contributed by atoms with E-state index >= 15 is 0 Å². The average Bonchev–Trinajstić information content (AvgIpc) is 3.06. The predicted octanol–water partition coefficient (Wildman–Crippen LogP) is 2.45. The fourth-order valence-electron chi connectivity index (χ4n) is 2.02. The molecule has 100 valence electrons. The van der Waals surface area contributed by atoms with Crippen molar-refractivity contribution >= 4 is 17.7 Å². The van der Waals surface area contributed by atoms with E-state index in [1.165, 1.54) is 7.11 Å². The van der Waals surface area contributed by atoms with E-state index in [1.54, 1.807) is 0 Å². The maximum atomic E-state index is 12.1. The maximum absolute atomic E-state index is 12.1. The zero-order chi connectivity index (χ0) is 13.1. The van der Waals surface area contributed by atoms with E-state index in [4.69, 9.17) is 4.74 Å². The zero-order valence-electron chi connectivity index (χ0n) is 11.6. The quantitative estimate of drug-likeness (QED) is 0.744. The van der Waals surface area contributed by atoms with Gasteiger partial charge in [-0.25, -0.2) is 0 Å². The number of nitrogens with one attached hydrogen (secondary N) is 1. The molecule has 1 fully saturated rings. The van der Waals surface area contributed by atoms with Gasteiger partial charge in [-0.15, -0.1) is 0 Å². The summed E-state index contributed by atoms with van der Waals surface area (Å²) in [6.07, 6.45) is 2.26. The summed E-state index contributed by atoms with van der Waals surface area (Å²) in [4.78, 5) is 12.1. The van der Waals surface area contributed by atoms with Crippen LogP contribution in [0.3, 0.4) is 0 Å². The van der Waals surface area contributed by atoms with Gasteiger partial charge in [0.05, 0.1) is 7.11 Å². The zero-order valence-corrected chi connectivity index (χ0v) is 12.4. The Labute approximate surface area is 109 Å². The van der Waals surface area contributed by atoms with Crippen molar-refractivity contribution in [3.63, 3.8) is 0 Å². The number of hydrogen-bond donors (Lipinski definition) is 1. The average molecular weight is 259 g/mol. The van der Waals surface area contributed by atoms with E-state index < -0.39 is 5.54 Å². The molecule has 0 bridgehead atoms. The Balaban J connectivity index is 2.79. The molecular weight excluding hydrogens is 234 g/mol. The lowest BCUT2D eigenvalue weighted by Gasteiger charge is -2.34. The van der Waals surface area contributed by atoms with Crippen LogP contribution >= 0.6 is 11.8 Å². The van der Waals surface area contributed by atoms with Crippen molar-refractivity contribution in [1.82, 2.24) is 5.32 Å². The molecular formula is C13H25NO2S. The van der Waals surface area contributed by atoms with Crippen molar-refractivity contribution < 1.29 is 9.53 Å². The molecule has 1 unspecified atom stereocenters. The molecule has 0 radical (unpaired) electrons. The van der Waals surface area contributed by atoms with Gasteiger partial charge in [-0.2, -0.15) is 11.8 Å². The highest BCUT2D eigenvalue weighted by Gasteiger charge is 2.51. The smallest absolute Gasteiger partial charge is 0.327 e. The number of likely N-dealkylation sites (N-methyl/N-ethyl adjacent to an activating group) is 1. The molecule has 0 aromatic carbocycles. The highest BCUT2D eigenvalue weighted by atomic mass is 32.2. The van der Waals surface area contributed by atoms with Gasteiger partial charge >= 0.3 is 5.97 Å². The lowest BCUT2D eigenvalue weighted by atomic mass is 9.95. The Morgan fingerprint density at radius 1 is 1.41 bits per heavy atom. The molecule has 17 heavy (non-hydrogen) atoms. The first-order valence-electron chi connectivity index (χ1n) is 6.33. The van der Waals surface area contributed by atoms with Crippen LogP contribution in [0, 0.1) is 5.92 Å². The first kappa shape index (κ1) is 14.8. The molecule has 1 saturated carbocycles. The van der Waals surface area contributed by atoms with Crippen LogP contribution in [-0.4, -0.2) is 35.7 Å². The van der Waals surface area contributed by atoms with E-state index in [2.05, 4.69) is 26.1 Å². The SMILES string of the molecule is CCNC(CSC(C)(C)C)(C(=O)OC)C1CC1. The Morgan fingerprint density at radius 3 is 2.35 bits per heavy atom. The number of methoxy groups -OCH3 is 1. The minimum Gasteiger partial charge on any atom is -0.468 e. The van der Waals surface area contributed by atoms with Gasteiger partial charge in [-0.1, -0.05) is 27.7 Å². The summed E-state index contributed by atoms with van der Waals surface area (Å²) in [7, 11) is 1.48. The molecule has 3 nitrogen and oxygen atoms in total. The summed E-state index contributed by atoms with van der Waals surface area (Å²) in [5.74, 6) is 1.14. The van der Waals surface area contributed by atoms with Crippen LogP contribution in [-0.2, 0) is 9.53 Å². The normalized spacial score (nSPS) is 19.8. The minimum atomic E-state index is -0.471. The summed E-state index contributed by atoms with van der Waals surface area (Å²) in [5.41, 5.74) is -0.471. The van der Waals surface area contributed by atoms with E-state index in [1.807, 2.05) is 18.7 Å². The number of rotatable bonds is 6. The second kappa shape index (κ2) is 5.61. The first-order valence-corrected chi connectivity index (χ1v) is 7.31. The monoisotopic (exact) mass is 259 g/mol. The molecule has 0 aromatic rings. The fourth-order valence-corrected chi connectivity index (χ4v) is 3.13. The summed E-state index contributed by atoms with van der Waals surface area (Å²) < 4.78 is 5.19. The topological polar surface area (TPSA) is 38.3 Å². The van der Waals surface area contributed by atoms with Gasteiger partial charge in [0.25, 0.3) is 0 Å². The van der Waals surface area contributed by atoms with Crippen molar-refractivity contribution in [1.29, 1.82) is 0 Å². The van der Waals surface area contributed by atoms with Crippen LogP contribution in [0.1, 0.15) is 40.5 Å². The standard InChI is InChI=1S/C13H25NO2S/c1-6-14-13(10-7-8-10,11(15)16-5)9-17-12(2,3)4/h10,14H,6-9H2,1-5H3. The van der Waals surface area contributed by atoms with Crippen molar-refractivity contribution in [2.24, 2.45) is 5.92 Å². The van der Waals surface area contributed by atoms with E-state index in [-0.39, 0.29) is 10.7 Å². The number of hydrogen-bond acceptors (Lipinski definition) is 4. The highest BCUT2D eigenvalue weighted by Crippen LogP contribution is 2.43. The van der Waals surface area contributed by atoms with Gasteiger partial charge in [0, 0.05) is 10.5 Å². The third-order valence-electron chi connectivity index (χ3n) is 3.05. The number of carbonyl (C=O) groups is 1. The Bertz CT molecular complexity index is 271. The van der Waals surface area contributed by atoms with Crippen LogP contribution in [0.15, 0.2) is 0 Å². The summed E-state index contributed by atoms with van der Waals surface area (Å²) in [6, 6.07) is 0. The highest BCUT2D eigenvalue weighted by molar-refractivity contribution is 8.00. The lowest BCUT2D eigenvalue weighted by Crippen LogP contribution is -2.57. The number of thioether (sulfide) groups is 1. The van der Waals surface area contributed by atoms with Crippen molar-refractivity contribution in [3.05, 3.63) is 0 Å². The van der Waals surface area contributed by atoms with E-state index in [9.17, 15) is 4.79 Å². The molecule has 1 N–H and O–H groups in total. The second-order valence-corrected chi connectivity index (χ2v) is 7.47. The van der Waals surface area contributed by atoms with Crippen LogP contribution in [0.5, 0.6) is 0 Å². The molecule has 1 rings (SSSR count). The van der Waals surface area contributed by atoms with E-state index in [0.29, 0.717) is 5.92 Å². The molecule has 1 aliphatic rings. The third kappa shape index (κ3) is 3.88. The molecule has 0 amide bonds. The molecule has 0 aliphatic heterocycles.